The Kier molecular flexibility index (Phi) is 7.79. The van der Waals surface area contributed by atoms with E-state index in [9.17, 15) is 36.3 Å². The van der Waals surface area contributed by atoms with E-state index < -0.39 is 51.3 Å². The third kappa shape index (κ3) is 6.47. The number of benzene rings is 2. The molecule has 0 amide bonds. The fourth-order valence-electron chi connectivity index (χ4n) is 2.93. The van der Waals surface area contributed by atoms with Crippen molar-refractivity contribution in [2.75, 3.05) is 4.72 Å². The van der Waals surface area contributed by atoms with Crippen molar-refractivity contribution in [3.8, 4) is 5.75 Å². The van der Waals surface area contributed by atoms with Crippen molar-refractivity contribution in [2.24, 2.45) is 0 Å². The summed E-state index contributed by atoms with van der Waals surface area (Å²) in [7, 11) is -4.15. The molecular formula is C22H24F3NO6S. The van der Waals surface area contributed by atoms with E-state index in [0.29, 0.717) is 0 Å². The third-order valence-corrected chi connectivity index (χ3v) is 5.97. The predicted octanol–water partition coefficient (Wildman–Crippen LogP) is 4.48. The number of carbonyl (C=O) groups is 2. The van der Waals surface area contributed by atoms with Gasteiger partial charge in [-0.05, 0) is 55.7 Å². The molecule has 0 radical (unpaired) electrons. The van der Waals surface area contributed by atoms with Gasteiger partial charge in [-0.15, -0.1) is 0 Å². The highest BCUT2D eigenvalue weighted by Gasteiger charge is 2.48. The van der Waals surface area contributed by atoms with Gasteiger partial charge in [0.2, 0.25) is 0 Å². The second-order valence-electron chi connectivity index (χ2n) is 7.88. The first-order chi connectivity index (χ1) is 15.1. The minimum absolute atomic E-state index is 0.108. The van der Waals surface area contributed by atoms with Crippen LogP contribution in [0, 0.1) is 0 Å². The normalized spacial score (nSPS) is 13.1. The molecule has 0 heterocycles. The van der Waals surface area contributed by atoms with Crippen LogP contribution < -0.4 is 4.72 Å². The SMILES string of the molecule is CC(C)OC(=O)[C@H](C(=O)C(F)(F)F)c1cc(NS(=O)(=O)c2ccc(C(C)C)cc2)ccc1O. The van der Waals surface area contributed by atoms with Gasteiger partial charge in [0.25, 0.3) is 15.8 Å². The minimum atomic E-state index is -5.40. The van der Waals surface area contributed by atoms with Gasteiger partial charge in [-0.2, -0.15) is 13.2 Å². The van der Waals surface area contributed by atoms with Crippen LogP contribution in [0.3, 0.4) is 0 Å². The predicted molar refractivity (Wildman–Crippen MR) is 114 cm³/mol. The molecule has 0 aromatic heterocycles. The van der Waals surface area contributed by atoms with Crippen molar-refractivity contribution < 1.29 is 41.0 Å². The summed E-state index contributed by atoms with van der Waals surface area (Å²) in [4.78, 5) is 24.2. The Hall–Kier alpha value is -3.08. The first kappa shape index (κ1) is 26.2. The summed E-state index contributed by atoms with van der Waals surface area (Å²) >= 11 is 0. The Morgan fingerprint density at radius 3 is 2.06 bits per heavy atom. The van der Waals surface area contributed by atoms with Crippen LogP contribution in [0.4, 0.5) is 18.9 Å². The maximum atomic E-state index is 13.1. The molecule has 33 heavy (non-hydrogen) atoms. The van der Waals surface area contributed by atoms with Crippen LogP contribution in [-0.4, -0.2) is 37.6 Å². The number of sulfonamides is 1. The van der Waals surface area contributed by atoms with E-state index in [1.807, 2.05) is 13.8 Å². The highest BCUT2D eigenvalue weighted by Crippen LogP contribution is 2.36. The summed E-state index contributed by atoms with van der Waals surface area (Å²) in [6.07, 6.45) is -6.24. The number of ketones is 1. The van der Waals surface area contributed by atoms with Gasteiger partial charge in [0.1, 0.15) is 5.75 Å². The molecule has 2 N–H and O–H groups in total. The van der Waals surface area contributed by atoms with Crippen molar-refractivity contribution in [1.82, 2.24) is 0 Å². The number of anilines is 1. The second-order valence-corrected chi connectivity index (χ2v) is 9.57. The van der Waals surface area contributed by atoms with E-state index in [-0.39, 0.29) is 16.5 Å². The molecule has 2 aromatic carbocycles. The standard InChI is InChI=1S/C22H24F3NO6S/c1-12(2)14-5-8-16(9-6-14)33(30,31)26-15-7-10-18(27)17(11-15)19(20(28)22(23,24)25)21(29)32-13(3)4/h5-13,19,26-27H,1-4H3/t19-/m0/s1. The van der Waals surface area contributed by atoms with Crippen molar-refractivity contribution in [1.29, 1.82) is 0 Å². The van der Waals surface area contributed by atoms with Crippen LogP contribution in [0.1, 0.15) is 50.7 Å². The molecule has 2 aromatic rings. The molecule has 0 aliphatic carbocycles. The maximum Gasteiger partial charge on any atom is 0.451 e. The van der Waals surface area contributed by atoms with Gasteiger partial charge in [-0.25, -0.2) is 8.42 Å². The lowest BCUT2D eigenvalue weighted by Gasteiger charge is -2.20. The lowest BCUT2D eigenvalue weighted by molar-refractivity contribution is -0.178. The van der Waals surface area contributed by atoms with Crippen LogP contribution in [-0.2, 0) is 24.3 Å². The number of rotatable bonds is 8. The van der Waals surface area contributed by atoms with Gasteiger partial charge in [-0.3, -0.25) is 14.3 Å². The molecule has 0 aliphatic heterocycles. The number of aromatic hydroxyl groups is 1. The fraction of sp³-hybridized carbons (Fsp3) is 0.364. The molecule has 0 unspecified atom stereocenters. The number of hydrogen-bond acceptors (Lipinski definition) is 6. The van der Waals surface area contributed by atoms with Gasteiger partial charge in [-0.1, -0.05) is 26.0 Å². The second kappa shape index (κ2) is 9.82. The number of halogens is 3. The molecule has 1 atom stereocenters. The minimum Gasteiger partial charge on any atom is -0.508 e. The van der Waals surface area contributed by atoms with Gasteiger partial charge < -0.3 is 9.84 Å². The van der Waals surface area contributed by atoms with Crippen molar-refractivity contribution in [2.45, 2.75) is 56.7 Å². The fourth-order valence-corrected chi connectivity index (χ4v) is 3.98. The molecule has 11 heteroatoms. The number of ether oxygens (including phenoxy) is 1. The van der Waals surface area contributed by atoms with Crippen LogP contribution >= 0.6 is 0 Å². The number of Topliss-reactive ketones (excluding diaryl/α,β-unsaturated/α-hetero) is 1. The van der Waals surface area contributed by atoms with Gasteiger partial charge in [0.05, 0.1) is 11.0 Å². The molecule has 0 saturated carbocycles. The first-order valence-electron chi connectivity index (χ1n) is 9.90. The van der Waals surface area contributed by atoms with Crippen LogP contribution in [0.15, 0.2) is 47.4 Å². The lowest BCUT2D eigenvalue weighted by atomic mass is 9.93. The highest BCUT2D eigenvalue weighted by molar-refractivity contribution is 7.92. The van der Waals surface area contributed by atoms with Crippen LogP contribution in [0.2, 0.25) is 0 Å². The molecule has 2 rings (SSSR count). The summed E-state index contributed by atoms with van der Waals surface area (Å²) < 4.78 is 71.8. The van der Waals surface area contributed by atoms with E-state index in [0.717, 1.165) is 23.8 Å². The largest absolute Gasteiger partial charge is 0.508 e. The van der Waals surface area contributed by atoms with E-state index >= 15 is 0 Å². The molecular weight excluding hydrogens is 463 g/mol. The molecule has 0 bridgehead atoms. The zero-order chi connectivity index (χ0) is 25.1. The van der Waals surface area contributed by atoms with Gasteiger partial charge >= 0.3 is 12.1 Å². The number of nitrogens with one attached hydrogen (secondary N) is 1. The number of esters is 1. The zero-order valence-electron chi connectivity index (χ0n) is 18.3. The quantitative estimate of drug-likeness (QED) is 0.323. The average Bonchev–Trinajstić information content (AvgIpc) is 2.69. The van der Waals surface area contributed by atoms with E-state index in [1.54, 1.807) is 12.1 Å². The van der Waals surface area contributed by atoms with Crippen molar-refractivity contribution in [3.05, 3.63) is 53.6 Å². The summed E-state index contributed by atoms with van der Waals surface area (Å²) in [5.41, 5.74) is -0.0931. The van der Waals surface area contributed by atoms with Crippen LogP contribution in [0.25, 0.3) is 0 Å². The monoisotopic (exact) mass is 487 g/mol. The van der Waals surface area contributed by atoms with Crippen molar-refractivity contribution in [3.63, 3.8) is 0 Å². The average molecular weight is 487 g/mol. The summed E-state index contributed by atoms with van der Waals surface area (Å²) in [6.45, 7) is 6.62. The van der Waals surface area contributed by atoms with E-state index in [2.05, 4.69) is 4.72 Å². The number of phenols is 1. The molecule has 0 saturated heterocycles. The van der Waals surface area contributed by atoms with Crippen LogP contribution in [0.5, 0.6) is 5.75 Å². The maximum absolute atomic E-state index is 13.1. The Morgan fingerprint density at radius 1 is 1.00 bits per heavy atom. The summed E-state index contributed by atoms with van der Waals surface area (Å²) in [5.74, 6) is -7.13. The molecule has 7 nitrogen and oxygen atoms in total. The molecule has 0 spiro atoms. The summed E-state index contributed by atoms with van der Waals surface area (Å²) in [5, 5.41) is 10.1. The lowest BCUT2D eigenvalue weighted by Crippen LogP contribution is -2.35. The third-order valence-electron chi connectivity index (χ3n) is 4.58. The number of alkyl halides is 3. The Labute approximate surface area is 189 Å². The first-order valence-corrected chi connectivity index (χ1v) is 11.4. The molecule has 0 fully saturated rings. The topological polar surface area (TPSA) is 110 Å². The number of hydrogen-bond donors (Lipinski definition) is 2. The summed E-state index contributed by atoms with van der Waals surface area (Å²) in [6, 6.07) is 8.76. The smallest absolute Gasteiger partial charge is 0.451 e. The zero-order valence-corrected chi connectivity index (χ0v) is 19.1. The number of phenolic OH excluding ortho intramolecular Hbond substituents is 1. The van der Waals surface area contributed by atoms with Crippen molar-refractivity contribution >= 4 is 27.5 Å². The Balaban J connectivity index is 2.47. The Morgan fingerprint density at radius 2 is 1.58 bits per heavy atom. The van der Waals surface area contributed by atoms with E-state index in [4.69, 9.17) is 4.74 Å². The van der Waals surface area contributed by atoms with E-state index in [1.165, 1.54) is 26.0 Å². The Bertz CT molecular complexity index is 1130. The number of carbonyl (C=O) groups excluding carboxylic acids is 2. The van der Waals surface area contributed by atoms with Gasteiger partial charge in [0, 0.05) is 11.3 Å². The van der Waals surface area contributed by atoms with Gasteiger partial charge in [0.15, 0.2) is 5.92 Å². The molecule has 0 aliphatic rings. The molecule has 180 valence electrons. The highest BCUT2D eigenvalue weighted by atomic mass is 32.2.